The van der Waals surface area contributed by atoms with E-state index in [9.17, 15) is 4.79 Å². The molecule has 0 radical (unpaired) electrons. The van der Waals surface area contributed by atoms with Gasteiger partial charge in [-0.3, -0.25) is 9.69 Å². The van der Waals surface area contributed by atoms with E-state index in [1.807, 2.05) is 18.3 Å². The highest BCUT2D eigenvalue weighted by Crippen LogP contribution is 2.33. The lowest BCUT2D eigenvalue weighted by molar-refractivity contribution is 0.102. The third-order valence-corrected chi connectivity index (χ3v) is 8.41. The number of nitrogens with one attached hydrogen (secondary N) is 1. The van der Waals surface area contributed by atoms with Gasteiger partial charge in [0.2, 0.25) is 0 Å². The zero-order chi connectivity index (χ0) is 33.5. The molecule has 1 aliphatic rings. The minimum atomic E-state index is -0.302. The molecule has 0 fully saturated rings. The van der Waals surface area contributed by atoms with Gasteiger partial charge in [0.15, 0.2) is 23.0 Å². The Balaban J connectivity index is 1.02. The summed E-state index contributed by atoms with van der Waals surface area (Å²) < 4.78 is 29.4. The van der Waals surface area contributed by atoms with Crippen LogP contribution in [0, 0.1) is 0 Å². The first-order valence-corrected chi connectivity index (χ1v) is 15.7. The van der Waals surface area contributed by atoms with E-state index in [-0.39, 0.29) is 12.5 Å². The van der Waals surface area contributed by atoms with Gasteiger partial charge in [-0.2, -0.15) is 0 Å². The number of benzene rings is 4. The smallest absolute Gasteiger partial charge is 0.255 e. The number of hydrogen-bond acceptors (Lipinski definition) is 9. The number of nitrogens with zero attached hydrogens (tertiary/aromatic N) is 4. The van der Waals surface area contributed by atoms with E-state index in [1.165, 1.54) is 23.8 Å². The van der Waals surface area contributed by atoms with Crippen molar-refractivity contribution >= 4 is 11.6 Å². The van der Waals surface area contributed by atoms with Gasteiger partial charge in [-0.15, -0.1) is 5.10 Å². The Morgan fingerprint density at radius 1 is 0.792 bits per heavy atom. The molecule has 1 aromatic heterocycles. The Hall–Kier alpha value is -5.55. The van der Waals surface area contributed by atoms with E-state index in [1.54, 1.807) is 56.3 Å². The summed E-state index contributed by atoms with van der Waals surface area (Å²) in [7, 11) is 6.43. The van der Waals surface area contributed by atoms with Crippen molar-refractivity contribution < 1.29 is 28.5 Å². The summed E-state index contributed by atoms with van der Waals surface area (Å²) in [4.78, 5) is 15.5. The molecule has 48 heavy (non-hydrogen) atoms. The second kappa shape index (κ2) is 14.9. The molecule has 1 N–H and O–H groups in total. The Morgan fingerprint density at radius 3 is 2.25 bits per heavy atom. The average Bonchev–Trinajstić information content (AvgIpc) is 3.61. The Morgan fingerprint density at radius 2 is 1.50 bits per heavy atom. The van der Waals surface area contributed by atoms with Crippen molar-refractivity contribution in [2.45, 2.75) is 26.0 Å². The SMILES string of the molecule is COc1ccc(C(=O)Nc2ccccc2OCc2cn(-c3ccc(CCN4CCc5cc(OC)c(OC)cc5C4)cc3)nn2)cc1OC. The number of ether oxygens (including phenoxy) is 5. The van der Waals surface area contributed by atoms with Crippen LogP contribution in [0.15, 0.2) is 85.1 Å². The fourth-order valence-electron chi connectivity index (χ4n) is 5.75. The number of fused-ring (bicyclic) bond motifs is 1. The molecule has 5 aromatic rings. The van der Waals surface area contributed by atoms with Crippen LogP contribution < -0.4 is 29.0 Å². The molecule has 6 rings (SSSR count). The number of aromatic nitrogens is 3. The predicted molar refractivity (Wildman–Crippen MR) is 182 cm³/mol. The van der Waals surface area contributed by atoms with Gasteiger partial charge in [-0.25, -0.2) is 4.68 Å². The van der Waals surface area contributed by atoms with E-state index in [4.69, 9.17) is 23.7 Å². The van der Waals surface area contributed by atoms with E-state index in [0.717, 1.165) is 49.7 Å². The Kier molecular flexibility index (Phi) is 10.1. The van der Waals surface area contributed by atoms with Crippen molar-refractivity contribution in [3.05, 3.63) is 113 Å². The van der Waals surface area contributed by atoms with Gasteiger partial charge >= 0.3 is 0 Å². The van der Waals surface area contributed by atoms with Crippen LogP contribution in [0.2, 0.25) is 0 Å². The maximum absolute atomic E-state index is 13.0. The topological polar surface area (TPSA) is 109 Å². The summed E-state index contributed by atoms with van der Waals surface area (Å²) in [6.07, 6.45) is 3.78. The molecule has 0 atom stereocenters. The highest BCUT2D eigenvalue weighted by atomic mass is 16.5. The highest BCUT2D eigenvalue weighted by molar-refractivity contribution is 6.05. The molecule has 0 aliphatic carbocycles. The molecule has 0 saturated carbocycles. The first kappa shape index (κ1) is 32.4. The maximum Gasteiger partial charge on any atom is 0.255 e. The second-order valence-corrected chi connectivity index (χ2v) is 11.4. The highest BCUT2D eigenvalue weighted by Gasteiger charge is 2.19. The van der Waals surface area contributed by atoms with Crippen LogP contribution in [-0.2, 0) is 26.0 Å². The minimum absolute atomic E-state index is 0.180. The molecule has 11 heteroatoms. The molecule has 2 heterocycles. The molecule has 0 unspecified atom stereocenters. The molecular weight excluding hydrogens is 610 g/mol. The summed E-state index contributed by atoms with van der Waals surface area (Å²) in [5, 5.41) is 11.5. The number of rotatable bonds is 13. The number of methoxy groups -OCH3 is 4. The summed E-state index contributed by atoms with van der Waals surface area (Å²) >= 11 is 0. The number of para-hydroxylation sites is 2. The number of amides is 1. The molecule has 0 bridgehead atoms. The number of carbonyl (C=O) groups is 1. The molecule has 1 aliphatic heterocycles. The third kappa shape index (κ3) is 7.37. The zero-order valence-corrected chi connectivity index (χ0v) is 27.6. The van der Waals surface area contributed by atoms with Crippen LogP contribution in [0.3, 0.4) is 0 Å². The van der Waals surface area contributed by atoms with Gasteiger partial charge in [0.05, 0.1) is 46.0 Å². The van der Waals surface area contributed by atoms with Crippen LogP contribution in [-0.4, -0.2) is 67.3 Å². The van der Waals surface area contributed by atoms with Crippen molar-refractivity contribution in [1.29, 1.82) is 0 Å². The lowest BCUT2D eigenvalue weighted by atomic mass is 9.98. The largest absolute Gasteiger partial charge is 0.493 e. The monoisotopic (exact) mass is 649 g/mol. The van der Waals surface area contributed by atoms with Crippen LogP contribution in [0.1, 0.15) is 32.7 Å². The Bertz CT molecular complexity index is 1870. The van der Waals surface area contributed by atoms with Crippen molar-refractivity contribution in [3.8, 4) is 34.4 Å². The summed E-state index contributed by atoms with van der Waals surface area (Å²) in [6, 6.07) is 24.8. The standard InChI is InChI=1S/C37H39N5O6/c1-44-33-14-11-27(20-34(33)45-2)37(43)38-31-7-5-6-8-32(31)48-24-29-23-42(40-39-29)30-12-9-25(10-13-30)15-17-41-18-16-26-19-35(46-3)36(47-4)21-28(26)22-41/h5-14,19-21,23H,15-18,22,24H2,1-4H3,(H,38,43). The van der Waals surface area contributed by atoms with Gasteiger partial charge in [0, 0.05) is 25.2 Å². The van der Waals surface area contributed by atoms with Crippen molar-refractivity contribution in [3.63, 3.8) is 0 Å². The Labute approximate surface area is 280 Å². The van der Waals surface area contributed by atoms with E-state index in [0.29, 0.717) is 34.2 Å². The lowest BCUT2D eigenvalue weighted by Crippen LogP contribution is -2.32. The first-order valence-electron chi connectivity index (χ1n) is 15.7. The second-order valence-electron chi connectivity index (χ2n) is 11.4. The molecular formula is C37H39N5O6. The van der Waals surface area contributed by atoms with Crippen molar-refractivity contribution in [2.75, 3.05) is 46.8 Å². The van der Waals surface area contributed by atoms with E-state index >= 15 is 0 Å². The van der Waals surface area contributed by atoms with E-state index in [2.05, 4.69) is 56.9 Å². The van der Waals surface area contributed by atoms with Crippen molar-refractivity contribution in [2.24, 2.45) is 0 Å². The molecule has 11 nitrogen and oxygen atoms in total. The summed E-state index contributed by atoms with van der Waals surface area (Å²) in [5.41, 5.74) is 6.40. The maximum atomic E-state index is 13.0. The van der Waals surface area contributed by atoms with Gasteiger partial charge < -0.3 is 29.0 Å². The number of hydrogen-bond donors (Lipinski definition) is 1. The summed E-state index contributed by atoms with van der Waals surface area (Å²) in [6.45, 7) is 3.05. The molecule has 1 amide bonds. The van der Waals surface area contributed by atoms with Gasteiger partial charge in [0.1, 0.15) is 18.1 Å². The third-order valence-electron chi connectivity index (χ3n) is 8.41. The average molecular weight is 650 g/mol. The molecule has 4 aromatic carbocycles. The van der Waals surface area contributed by atoms with Gasteiger partial charge in [0.25, 0.3) is 5.91 Å². The van der Waals surface area contributed by atoms with Crippen molar-refractivity contribution in [1.82, 2.24) is 19.9 Å². The van der Waals surface area contributed by atoms with E-state index < -0.39 is 0 Å². The minimum Gasteiger partial charge on any atom is -0.493 e. The van der Waals surface area contributed by atoms with Crippen LogP contribution in [0.4, 0.5) is 5.69 Å². The van der Waals surface area contributed by atoms with Gasteiger partial charge in [-0.05, 0) is 84.1 Å². The fourth-order valence-corrected chi connectivity index (χ4v) is 5.75. The van der Waals surface area contributed by atoms with Crippen LogP contribution >= 0.6 is 0 Å². The number of anilines is 1. The quantitative estimate of drug-likeness (QED) is 0.171. The predicted octanol–water partition coefficient (Wildman–Crippen LogP) is 5.73. The molecule has 248 valence electrons. The first-order chi connectivity index (χ1) is 23.5. The molecule has 0 spiro atoms. The van der Waals surface area contributed by atoms with Crippen LogP contribution in [0.25, 0.3) is 5.69 Å². The summed E-state index contributed by atoms with van der Waals surface area (Å²) in [5.74, 6) is 2.80. The normalized spacial score (nSPS) is 12.6. The molecule has 0 saturated heterocycles. The fraction of sp³-hybridized carbons (Fsp3) is 0.270. The zero-order valence-electron chi connectivity index (χ0n) is 27.6. The number of carbonyl (C=O) groups excluding carboxylic acids is 1. The van der Waals surface area contributed by atoms with Gasteiger partial charge in [-0.1, -0.05) is 29.5 Å². The van der Waals surface area contributed by atoms with Crippen LogP contribution in [0.5, 0.6) is 28.7 Å². The lowest BCUT2D eigenvalue weighted by Gasteiger charge is -2.29.